The van der Waals surface area contributed by atoms with Gasteiger partial charge in [0, 0.05) is 28.4 Å². The van der Waals surface area contributed by atoms with Crippen molar-refractivity contribution >= 4 is 44.9 Å². The summed E-state index contributed by atoms with van der Waals surface area (Å²) in [6.07, 6.45) is 0.0159. The zero-order valence-electron chi connectivity index (χ0n) is 18.7. The number of nitrogens with zero attached hydrogens (tertiary/aromatic N) is 2. The second-order valence-corrected chi connectivity index (χ2v) is 8.32. The lowest BCUT2D eigenvalue weighted by Crippen LogP contribution is -2.31. The number of amides is 2. The first kappa shape index (κ1) is 20.8. The number of para-hydroxylation sites is 1. The molecule has 6 nitrogen and oxygen atoms in total. The van der Waals surface area contributed by atoms with Crippen molar-refractivity contribution < 1.29 is 19.4 Å². The van der Waals surface area contributed by atoms with Crippen molar-refractivity contribution in [2.24, 2.45) is 0 Å². The van der Waals surface area contributed by atoms with E-state index in [9.17, 15) is 14.7 Å². The minimum atomic E-state index is -0.726. The number of benzene rings is 3. The van der Waals surface area contributed by atoms with E-state index < -0.39 is 17.6 Å². The van der Waals surface area contributed by atoms with Gasteiger partial charge in [-0.15, -0.1) is 0 Å². The molecule has 166 valence electrons. The van der Waals surface area contributed by atoms with Gasteiger partial charge in [0.2, 0.25) is 0 Å². The Balaban J connectivity index is 1.55. The van der Waals surface area contributed by atoms with E-state index in [1.807, 2.05) is 44.2 Å². The average molecular weight is 440 g/mol. The van der Waals surface area contributed by atoms with Crippen LogP contribution in [0.15, 0.2) is 72.5 Å². The number of anilines is 1. The summed E-state index contributed by atoms with van der Waals surface area (Å²) in [7, 11) is 0. The Kier molecular flexibility index (Phi) is 4.93. The predicted octanol–water partition coefficient (Wildman–Crippen LogP) is 5.44. The lowest BCUT2D eigenvalue weighted by molar-refractivity contribution is -0.121. The van der Waals surface area contributed by atoms with Crippen LogP contribution in [0.25, 0.3) is 27.4 Å². The molecule has 0 atom stereocenters. The van der Waals surface area contributed by atoms with E-state index in [-0.39, 0.29) is 11.7 Å². The van der Waals surface area contributed by atoms with Crippen molar-refractivity contribution in [1.29, 1.82) is 0 Å². The largest absolute Gasteiger partial charge is 0.502 e. The molecule has 0 bridgehead atoms. The minimum Gasteiger partial charge on any atom is -0.502 e. The number of hydrogen-bond donors (Lipinski definition) is 1. The molecular weight excluding hydrogens is 416 g/mol. The summed E-state index contributed by atoms with van der Waals surface area (Å²) in [5, 5.41) is 12.6. The molecule has 5 rings (SSSR count). The number of aliphatic hydroxyl groups excluding tert-OH is 1. The molecule has 4 aromatic rings. The highest BCUT2D eigenvalue weighted by Gasteiger charge is 2.40. The molecule has 0 unspecified atom stereocenters. The fraction of sp³-hybridized carbons (Fsp3) is 0.185. The number of aryl methyl sites for hydroxylation is 1. The van der Waals surface area contributed by atoms with Gasteiger partial charge >= 0.3 is 5.91 Å². The van der Waals surface area contributed by atoms with Gasteiger partial charge in [-0.1, -0.05) is 30.3 Å². The molecule has 0 saturated carbocycles. The van der Waals surface area contributed by atoms with E-state index in [2.05, 4.69) is 17.6 Å². The quantitative estimate of drug-likeness (QED) is 0.419. The summed E-state index contributed by atoms with van der Waals surface area (Å²) in [6, 6.07) is 20.4. The maximum atomic E-state index is 13.3. The third-order valence-electron chi connectivity index (χ3n) is 5.90. The first-order chi connectivity index (χ1) is 15.9. The van der Waals surface area contributed by atoms with Gasteiger partial charge in [-0.05, 0) is 62.7 Å². The lowest BCUT2D eigenvalue weighted by Gasteiger charge is -2.15. The molecule has 0 saturated heterocycles. The molecule has 1 aromatic heterocycles. The molecule has 0 radical (unpaired) electrons. The monoisotopic (exact) mass is 440 g/mol. The third kappa shape index (κ3) is 3.26. The van der Waals surface area contributed by atoms with Crippen LogP contribution in [-0.2, 0) is 16.1 Å². The van der Waals surface area contributed by atoms with E-state index >= 15 is 0 Å². The van der Waals surface area contributed by atoms with E-state index in [1.165, 1.54) is 0 Å². The highest BCUT2D eigenvalue weighted by atomic mass is 16.5. The van der Waals surface area contributed by atoms with Gasteiger partial charge < -0.3 is 14.4 Å². The standard InChI is InChI=1S/C27H24N2O4/c1-4-28-22-8-6-5-7-20(22)21-15-18(11-14-23(21)28)29-26(31)24(25(30)27(29)32)17-9-12-19(13-10-17)33-16(2)3/h5-16,30H,4H2,1-3H3. The lowest BCUT2D eigenvalue weighted by atomic mass is 10.1. The molecule has 0 fully saturated rings. The maximum absolute atomic E-state index is 13.3. The van der Waals surface area contributed by atoms with Crippen molar-refractivity contribution in [1.82, 2.24) is 4.57 Å². The number of carbonyl (C=O) groups is 2. The van der Waals surface area contributed by atoms with Crippen LogP contribution in [0.1, 0.15) is 26.3 Å². The molecule has 0 spiro atoms. The maximum Gasteiger partial charge on any atom is 0.301 e. The Morgan fingerprint density at radius 3 is 2.27 bits per heavy atom. The van der Waals surface area contributed by atoms with Crippen LogP contribution in [-0.4, -0.2) is 27.6 Å². The summed E-state index contributed by atoms with van der Waals surface area (Å²) >= 11 is 0. The third-order valence-corrected chi connectivity index (χ3v) is 5.90. The molecule has 2 amide bonds. The van der Waals surface area contributed by atoms with Gasteiger partial charge in [-0.25, -0.2) is 4.90 Å². The summed E-state index contributed by atoms with van der Waals surface area (Å²) in [6.45, 7) is 6.73. The van der Waals surface area contributed by atoms with Crippen LogP contribution in [0.2, 0.25) is 0 Å². The summed E-state index contributed by atoms with van der Waals surface area (Å²) < 4.78 is 7.84. The first-order valence-corrected chi connectivity index (χ1v) is 11.0. The van der Waals surface area contributed by atoms with Crippen LogP contribution in [0.5, 0.6) is 5.75 Å². The van der Waals surface area contributed by atoms with E-state index in [1.54, 1.807) is 30.3 Å². The summed E-state index contributed by atoms with van der Waals surface area (Å²) in [4.78, 5) is 27.3. The molecule has 2 heterocycles. The number of aliphatic hydroxyl groups is 1. The average Bonchev–Trinajstić information content (AvgIpc) is 3.24. The number of carbonyl (C=O) groups excluding carboxylic acids is 2. The second kappa shape index (κ2) is 7.81. The molecule has 1 N–H and O–H groups in total. The van der Waals surface area contributed by atoms with E-state index in [0.29, 0.717) is 17.0 Å². The zero-order chi connectivity index (χ0) is 23.3. The molecule has 0 aliphatic carbocycles. The van der Waals surface area contributed by atoms with Crippen molar-refractivity contribution in [3.63, 3.8) is 0 Å². The second-order valence-electron chi connectivity index (χ2n) is 8.32. The van der Waals surface area contributed by atoms with Crippen molar-refractivity contribution in [3.8, 4) is 5.75 Å². The van der Waals surface area contributed by atoms with Gasteiger partial charge in [-0.3, -0.25) is 9.59 Å². The van der Waals surface area contributed by atoms with Gasteiger partial charge in [-0.2, -0.15) is 0 Å². The molecular formula is C27H24N2O4. The number of imide groups is 1. The number of hydrogen-bond acceptors (Lipinski definition) is 4. The van der Waals surface area contributed by atoms with Gasteiger partial charge in [0.1, 0.15) is 5.75 Å². The fourth-order valence-electron chi connectivity index (χ4n) is 4.51. The van der Waals surface area contributed by atoms with Crippen LogP contribution in [0.4, 0.5) is 5.69 Å². The van der Waals surface area contributed by atoms with E-state index in [4.69, 9.17) is 4.74 Å². The van der Waals surface area contributed by atoms with Crippen LogP contribution < -0.4 is 9.64 Å². The minimum absolute atomic E-state index is 0.00724. The van der Waals surface area contributed by atoms with Crippen molar-refractivity contribution in [3.05, 3.63) is 78.1 Å². The van der Waals surface area contributed by atoms with Crippen molar-refractivity contribution in [2.75, 3.05) is 4.90 Å². The highest BCUT2D eigenvalue weighted by molar-refractivity contribution is 6.45. The number of ether oxygens (including phenoxy) is 1. The van der Waals surface area contributed by atoms with Crippen LogP contribution in [0.3, 0.4) is 0 Å². The normalized spacial score (nSPS) is 14.4. The molecule has 3 aromatic carbocycles. The van der Waals surface area contributed by atoms with Gasteiger partial charge in [0.05, 0.1) is 17.4 Å². The first-order valence-electron chi connectivity index (χ1n) is 11.0. The smallest absolute Gasteiger partial charge is 0.301 e. The Hall–Kier alpha value is -4.06. The predicted molar refractivity (Wildman–Crippen MR) is 129 cm³/mol. The molecule has 6 heteroatoms. The van der Waals surface area contributed by atoms with Crippen molar-refractivity contribution in [2.45, 2.75) is 33.4 Å². The number of aromatic nitrogens is 1. The number of rotatable bonds is 5. The summed E-state index contributed by atoms with van der Waals surface area (Å²) in [5.41, 5.74) is 3.01. The topological polar surface area (TPSA) is 71.8 Å². The van der Waals surface area contributed by atoms with Gasteiger partial charge in [0.25, 0.3) is 5.91 Å². The SMILES string of the molecule is CCn1c2ccccc2c2cc(N3C(=O)C(O)=C(c4ccc(OC(C)C)cc4)C3=O)ccc21. The Labute approximate surface area is 191 Å². The Morgan fingerprint density at radius 2 is 1.58 bits per heavy atom. The number of fused-ring (bicyclic) bond motifs is 3. The Morgan fingerprint density at radius 1 is 0.879 bits per heavy atom. The van der Waals surface area contributed by atoms with E-state index in [0.717, 1.165) is 33.3 Å². The summed E-state index contributed by atoms with van der Waals surface area (Å²) in [5.74, 6) is -1.17. The van der Waals surface area contributed by atoms with Crippen LogP contribution in [0, 0.1) is 0 Å². The zero-order valence-corrected chi connectivity index (χ0v) is 18.7. The highest BCUT2D eigenvalue weighted by Crippen LogP contribution is 2.36. The molecule has 1 aliphatic rings. The van der Waals surface area contributed by atoms with Crippen LogP contribution >= 0.6 is 0 Å². The fourth-order valence-corrected chi connectivity index (χ4v) is 4.51. The molecule has 33 heavy (non-hydrogen) atoms. The Bertz CT molecular complexity index is 1440. The van der Waals surface area contributed by atoms with Gasteiger partial charge in [0.15, 0.2) is 5.76 Å². The molecule has 1 aliphatic heterocycles.